The fraction of sp³-hybridized carbons (Fsp3) is 0.133. The van der Waals surface area contributed by atoms with Gasteiger partial charge in [0.2, 0.25) is 0 Å². The summed E-state index contributed by atoms with van der Waals surface area (Å²) >= 11 is 0. The Labute approximate surface area is 109 Å². The van der Waals surface area contributed by atoms with Crippen molar-refractivity contribution in [2.24, 2.45) is 0 Å². The van der Waals surface area contributed by atoms with E-state index in [1.54, 1.807) is 31.4 Å². The number of ether oxygens (including phenoxy) is 1. The van der Waals surface area contributed by atoms with Crippen LogP contribution in [-0.2, 0) is 6.42 Å². The SMILES string of the molecule is COc1ccc(CC(=O)c2cc(F)cc(F)c2)cc1. The molecule has 98 valence electrons. The first-order valence-corrected chi connectivity index (χ1v) is 5.70. The van der Waals surface area contributed by atoms with Gasteiger partial charge in [0.15, 0.2) is 5.78 Å². The second kappa shape index (κ2) is 5.61. The Hall–Kier alpha value is -2.23. The van der Waals surface area contributed by atoms with E-state index in [0.29, 0.717) is 5.75 Å². The number of carbonyl (C=O) groups excluding carboxylic acids is 1. The van der Waals surface area contributed by atoms with Gasteiger partial charge in [-0.2, -0.15) is 0 Å². The van der Waals surface area contributed by atoms with E-state index in [2.05, 4.69) is 0 Å². The molecule has 0 saturated heterocycles. The summed E-state index contributed by atoms with van der Waals surface area (Å²) in [7, 11) is 1.55. The molecule has 2 aromatic carbocycles. The monoisotopic (exact) mass is 262 g/mol. The van der Waals surface area contributed by atoms with Gasteiger partial charge < -0.3 is 4.74 Å². The number of ketones is 1. The third-order valence-corrected chi connectivity index (χ3v) is 2.71. The summed E-state index contributed by atoms with van der Waals surface area (Å²) in [6.07, 6.45) is 0.0902. The Morgan fingerprint density at radius 1 is 1.05 bits per heavy atom. The Balaban J connectivity index is 2.15. The minimum Gasteiger partial charge on any atom is -0.497 e. The minimum atomic E-state index is -0.752. The van der Waals surface area contributed by atoms with E-state index in [4.69, 9.17) is 4.74 Å². The Kier molecular flexibility index (Phi) is 3.90. The molecular weight excluding hydrogens is 250 g/mol. The topological polar surface area (TPSA) is 26.3 Å². The first kappa shape index (κ1) is 13.2. The number of carbonyl (C=O) groups is 1. The molecule has 0 fully saturated rings. The van der Waals surface area contributed by atoms with E-state index in [9.17, 15) is 13.6 Å². The first-order valence-electron chi connectivity index (χ1n) is 5.70. The lowest BCUT2D eigenvalue weighted by Crippen LogP contribution is -2.04. The number of Topliss-reactive ketones (excluding diaryl/α,β-unsaturated/α-hetero) is 1. The number of rotatable bonds is 4. The van der Waals surface area contributed by atoms with Gasteiger partial charge in [0.05, 0.1) is 7.11 Å². The van der Waals surface area contributed by atoms with E-state index < -0.39 is 11.6 Å². The summed E-state index contributed by atoms with van der Waals surface area (Å²) in [6.45, 7) is 0. The fourth-order valence-electron chi connectivity index (χ4n) is 1.75. The van der Waals surface area contributed by atoms with Crippen LogP contribution in [0.3, 0.4) is 0 Å². The number of methoxy groups -OCH3 is 1. The van der Waals surface area contributed by atoms with Crippen LogP contribution in [0.5, 0.6) is 5.75 Å². The van der Waals surface area contributed by atoms with Crippen molar-refractivity contribution < 1.29 is 18.3 Å². The molecule has 0 saturated carbocycles. The molecule has 0 spiro atoms. The van der Waals surface area contributed by atoms with Crippen molar-refractivity contribution in [3.8, 4) is 5.75 Å². The maximum atomic E-state index is 13.0. The maximum absolute atomic E-state index is 13.0. The van der Waals surface area contributed by atoms with Gasteiger partial charge in [-0.15, -0.1) is 0 Å². The minimum absolute atomic E-state index is 0.0355. The summed E-state index contributed by atoms with van der Waals surface area (Å²) in [5, 5.41) is 0. The summed E-state index contributed by atoms with van der Waals surface area (Å²) in [4.78, 5) is 11.9. The van der Waals surface area contributed by atoms with Gasteiger partial charge in [0.1, 0.15) is 17.4 Å². The second-order valence-electron chi connectivity index (χ2n) is 4.11. The van der Waals surface area contributed by atoms with Crippen LogP contribution in [0.1, 0.15) is 15.9 Å². The Morgan fingerprint density at radius 3 is 2.16 bits per heavy atom. The van der Waals surface area contributed by atoms with E-state index in [-0.39, 0.29) is 17.8 Å². The molecule has 0 unspecified atom stereocenters. The van der Waals surface area contributed by atoms with Gasteiger partial charge in [-0.1, -0.05) is 12.1 Å². The molecule has 2 rings (SSSR count). The molecule has 0 aromatic heterocycles. The van der Waals surface area contributed by atoms with Crippen molar-refractivity contribution in [1.29, 1.82) is 0 Å². The zero-order chi connectivity index (χ0) is 13.8. The standard InChI is InChI=1S/C15H12F2O2/c1-19-14-4-2-10(3-5-14)6-15(18)11-7-12(16)9-13(17)8-11/h2-5,7-9H,6H2,1H3. The molecule has 2 nitrogen and oxygen atoms in total. The first-order chi connectivity index (χ1) is 9.08. The molecule has 0 amide bonds. The average molecular weight is 262 g/mol. The van der Waals surface area contributed by atoms with Gasteiger partial charge >= 0.3 is 0 Å². The highest BCUT2D eigenvalue weighted by Gasteiger charge is 2.10. The molecule has 0 aliphatic rings. The van der Waals surface area contributed by atoms with Gasteiger partial charge in [0.25, 0.3) is 0 Å². The van der Waals surface area contributed by atoms with Crippen LogP contribution in [0.15, 0.2) is 42.5 Å². The molecule has 0 heterocycles. The highest BCUT2D eigenvalue weighted by molar-refractivity contribution is 5.97. The van der Waals surface area contributed by atoms with Crippen LogP contribution >= 0.6 is 0 Å². The zero-order valence-corrected chi connectivity index (χ0v) is 10.3. The highest BCUT2D eigenvalue weighted by Crippen LogP contribution is 2.15. The average Bonchev–Trinajstić information content (AvgIpc) is 2.38. The normalized spacial score (nSPS) is 10.3. The molecular formula is C15H12F2O2. The third-order valence-electron chi connectivity index (χ3n) is 2.71. The second-order valence-corrected chi connectivity index (χ2v) is 4.11. The van der Waals surface area contributed by atoms with E-state index in [0.717, 1.165) is 23.8 Å². The molecule has 19 heavy (non-hydrogen) atoms. The van der Waals surface area contributed by atoms with Crippen molar-refractivity contribution >= 4 is 5.78 Å². The smallest absolute Gasteiger partial charge is 0.167 e. The summed E-state index contributed by atoms with van der Waals surface area (Å²) in [5.74, 6) is -1.15. The predicted molar refractivity (Wildman–Crippen MR) is 67.4 cm³/mol. The van der Waals surface area contributed by atoms with E-state index >= 15 is 0 Å². The van der Waals surface area contributed by atoms with Crippen LogP contribution < -0.4 is 4.74 Å². The maximum Gasteiger partial charge on any atom is 0.167 e. The van der Waals surface area contributed by atoms with Gasteiger partial charge in [-0.3, -0.25) is 4.79 Å². The zero-order valence-electron chi connectivity index (χ0n) is 10.3. The Morgan fingerprint density at radius 2 is 1.63 bits per heavy atom. The summed E-state index contributed by atoms with van der Waals surface area (Å²) in [5.41, 5.74) is 0.795. The van der Waals surface area contributed by atoms with Crippen LogP contribution in [-0.4, -0.2) is 12.9 Å². The molecule has 2 aromatic rings. The van der Waals surface area contributed by atoms with Crippen molar-refractivity contribution in [2.75, 3.05) is 7.11 Å². The number of benzene rings is 2. The van der Waals surface area contributed by atoms with Crippen molar-refractivity contribution in [3.63, 3.8) is 0 Å². The highest BCUT2D eigenvalue weighted by atomic mass is 19.1. The van der Waals surface area contributed by atoms with Gasteiger partial charge in [-0.05, 0) is 29.8 Å². The van der Waals surface area contributed by atoms with E-state index in [1.165, 1.54) is 0 Å². The van der Waals surface area contributed by atoms with Crippen LogP contribution in [0.25, 0.3) is 0 Å². The quantitative estimate of drug-likeness (QED) is 0.789. The van der Waals surface area contributed by atoms with E-state index in [1.807, 2.05) is 0 Å². The lowest BCUT2D eigenvalue weighted by Gasteiger charge is -2.04. The van der Waals surface area contributed by atoms with Crippen molar-refractivity contribution in [3.05, 3.63) is 65.2 Å². The van der Waals surface area contributed by atoms with Crippen LogP contribution in [0, 0.1) is 11.6 Å². The molecule has 0 atom stereocenters. The number of hydrogen-bond donors (Lipinski definition) is 0. The molecule has 4 heteroatoms. The summed E-state index contributed by atoms with van der Waals surface area (Å²) < 4.78 is 31.0. The summed E-state index contributed by atoms with van der Waals surface area (Å²) in [6, 6.07) is 9.76. The van der Waals surface area contributed by atoms with Gasteiger partial charge in [0, 0.05) is 18.1 Å². The van der Waals surface area contributed by atoms with Crippen LogP contribution in [0.2, 0.25) is 0 Å². The van der Waals surface area contributed by atoms with Crippen molar-refractivity contribution in [1.82, 2.24) is 0 Å². The largest absolute Gasteiger partial charge is 0.497 e. The molecule has 0 aliphatic heterocycles. The fourth-order valence-corrected chi connectivity index (χ4v) is 1.75. The molecule has 0 aliphatic carbocycles. The Bertz CT molecular complexity index is 571. The van der Waals surface area contributed by atoms with Gasteiger partial charge in [-0.25, -0.2) is 8.78 Å². The lowest BCUT2D eigenvalue weighted by atomic mass is 10.0. The van der Waals surface area contributed by atoms with Crippen molar-refractivity contribution in [2.45, 2.75) is 6.42 Å². The number of hydrogen-bond acceptors (Lipinski definition) is 2. The predicted octanol–water partition coefficient (Wildman–Crippen LogP) is 3.40. The third kappa shape index (κ3) is 3.37. The lowest BCUT2D eigenvalue weighted by molar-refractivity contribution is 0.0992. The number of halogens is 2. The molecule has 0 bridgehead atoms. The van der Waals surface area contributed by atoms with Crippen LogP contribution in [0.4, 0.5) is 8.78 Å². The molecule has 0 N–H and O–H groups in total. The molecule has 0 radical (unpaired) electrons.